The van der Waals surface area contributed by atoms with Crippen LogP contribution < -0.4 is 10.5 Å². The van der Waals surface area contributed by atoms with Crippen LogP contribution in [0, 0.1) is 17.2 Å². The van der Waals surface area contributed by atoms with Gasteiger partial charge >= 0.3 is 6.18 Å². The first-order chi connectivity index (χ1) is 15.5. The Morgan fingerprint density at radius 3 is 2.33 bits per heavy atom. The number of pyridine rings is 1. The van der Waals surface area contributed by atoms with Gasteiger partial charge in [-0.05, 0) is 36.8 Å². The zero-order valence-electron chi connectivity index (χ0n) is 18.8. The lowest BCUT2D eigenvalue weighted by Gasteiger charge is -2.41. The van der Waals surface area contributed by atoms with Crippen molar-refractivity contribution in [3.05, 3.63) is 48.0 Å². The normalized spacial score (nSPS) is 16.8. The number of ether oxygens (including phenoxy) is 1. The monoisotopic (exact) mass is 460 g/mol. The highest BCUT2D eigenvalue weighted by Gasteiger charge is 2.60. The molecule has 176 valence electrons. The van der Waals surface area contributed by atoms with Gasteiger partial charge in [0.2, 0.25) is 11.8 Å². The summed E-state index contributed by atoms with van der Waals surface area (Å²) in [5.41, 5.74) is 5.30. The first-order valence-electron chi connectivity index (χ1n) is 10.7. The van der Waals surface area contributed by atoms with Crippen LogP contribution in [0.4, 0.5) is 13.2 Å². The Bertz CT molecular complexity index is 1030. The average molecular weight is 461 g/mol. The predicted molar refractivity (Wildman–Crippen MR) is 117 cm³/mol. The number of amides is 1. The van der Waals surface area contributed by atoms with Crippen molar-refractivity contribution in [3.8, 4) is 23.2 Å². The Morgan fingerprint density at radius 1 is 1.24 bits per heavy atom. The minimum atomic E-state index is -4.73. The Kier molecular flexibility index (Phi) is 6.98. The molecule has 0 radical (unpaired) electrons. The molecule has 1 fully saturated rings. The van der Waals surface area contributed by atoms with Crippen LogP contribution in [0.5, 0.6) is 5.88 Å². The van der Waals surface area contributed by atoms with Gasteiger partial charge in [-0.1, -0.05) is 44.2 Å². The summed E-state index contributed by atoms with van der Waals surface area (Å²) < 4.78 is 48.6. The fourth-order valence-electron chi connectivity index (χ4n) is 4.12. The number of carbonyl (C=O) groups excluding carboxylic acids is 1. The number of hydrogen-bond acceptors (Lipinski definition) is 5. The molecule has 2 atom stereocenters. The highest BCUT2D eigenvalue weighted by atomic mass is 19.4. The molecule has 33 heavy (non-hydrogen) atoms. The number of nitriles is 1. The van der Waals surface area contributed by atoms with Crippen LogP contribution in [-0.4, -0.2) is 40.7 Å². The first kappa shape index (κ1) is 24.5. The van der Waals surface area contributed by atoms with Crippen molar-refractivity contribution < 1.29 is 22.7 Å². The number of hydrogen-bond donors (Lipinski definition) is 1. The van der Waals surface area contributed by atoms with Crippen LogP contribution in [0.15, 0.2) is 42.5 Å². The lowest BCUT2D eigenvalue weighted by Crippen LogP contribution is -2.56. The van der Waals surface area contributed by atoms with Crippen molar-refractivity contribution in [2.24, 2.45) is 11.7 Å². The van der Waals surface area contributed by atoms with E-state index in [1.807, 2.05) is 6.07 Å². The Balaban J connectivity index is 2.07. The molecule has 2 aromatic rings. The number of benzene rings is 1. The third-order valence-corrected chi connectivity index (χ3v) is 5.83. The molecule has 1 aromatic heterocycles. The quantitative estimate of drug-likeness (QED) is 0.590. The van der Waals surface area contributed by atoms with Gasteiger partial charge in [-0.15, -0.1) is 0 Å². The summed E-state index contributed by atoms with van der Waals surface area (Å²) in [6.07, 6.45) is -4.10. The van der Waals surface area contributed by atoms with Crippen LogP contribution in [0.2, 0.25) is 0 Å². The van der Waals surface area contributed by atoms with E-state index >= 15 is 0 Å². The molecule has 3 rings (SSSR count). The molecule has 1 heterocycles. The van der Waals surface area contributed by atoms with Gasteiger partial charge in [0.1, 0.15) is 11.6 Å². The van der Waals surface area contributed by atoms with Crippen molar-refractivity contribution in [1.82, 2.24) is 9.88 Å². The van der Waals surface area contributed by atoms with Crippen molar-refractivity contribution in [1.29, 1.82) is 5.26 Å². The lowest BCUT2D eigenvalue weighted by atomic mass is 9.93. The molecule has 1 saturated carbocycles. The maximum atomic E-state index is 14.5. The molecule has 1 amide bonds. The number of carbonyl (C=O) groups is 1. The highest BCUT2D eigenvalue weighted by Crippen LogP contribution is 2.52. The van der Waals surface area contributed by atoms with E-state index in [-0.39, 0.29) is 30.7 Å². The van der Waals surface area contributed by atoms with E-state index in [9.17, 15) is 23.2 Å². The molecule has 1 aromatic carbocycles. The summed E-state index contributed by atoms with van der Waals surface area (Å²) in [6.45, 7) is 3.61. The molecular weight excluding hydrogens is 433 g/mol. The lowest BCUT2D eigenvalue weighted by molar-refractivity contribution is -0.200. The van der Waals surface area contributed by atoms with Crippen molar-refractivity contribution in [2.75, 3.05) is 7.11 Å². The fourth-order valence-corrected chi connectivity index (χ4v) is 4.12. The summed E-state index contributed by atoms with van der Waals surface area (Å²) in [4.78, 5) is 17.6. The largest absolute Gasteiger partial charge is 0.481 e. The number of nitrogens with zero attached hydrogens (tertiary/aromatic N) is 3. The third kappa shape index (κ3) is 5.28. The summed E-state index contributed by atoms with van der Waals surface area (Å²) in [5, 5.41) is 9.76. The van der Waals surface area contributed by atoms with Crippen LogP contribution in [0.1, 0.15) is 44.7 Å². The third-order valence-electron chi connectivity index (χ3n) is 5.83. The second kappa shape index (κ2) is 9.40. The van der Waals surface area contributed by atoms with Crippen LogP contribution >= 0.6 is 0 Å². The van der Waals surface area contributed by atoms with Crippen molar-refractivity contribution >= 4 is 5.91 Å². The minimum Gasteiger partial charge on any atom is -0.481 e. The molecule has 0 spiro atoms. The van der Waals surface area contributed by atoms with Gasteiger partial charge in [0.25, 0.3) is 0 Å². The second-order valence-corrected chi connectivity index (χ2v) is 8.73. The second-order valence-electron chi connectivity index (χ2n) is 8.73. The molecule has 1 aliphatic carbocycles. The molecular formula is C24H27F3N4O2. The van der Waals surface area contributed by atoms with E-state index in [0.29, 0.717) is 17.1 Å². The first-order valence-corrected chi connectivity index (χ1v) is 10.7. The summed E-state index contributed by atoms with van der Waals surface area (Å²) in [7, 11) is 1.48. The van der Waals surface area contributed by atoms with E-state index in [0.717, 1.165) is 4.90 Å². The van der Waals surface area contributed by atoms with Gasteiger partial charge in [-0.25, -0.2) is 4.98 Å². The Morgan fingerprint density at radius 2 is 1.88 bits per heavy atom. The number of nitrogens with two attached hydrogens (primary N) is 1. The summed E-state index contributed by atoms with van der Waals surface area (Å²) >= 11 is 0. The average Bonchev–Trinajstić information content (AvgIpc) is 3.56. The molecule has 0 aliphatic heterocycles. The highest BCUT2D eigenvalue weighted by molar-refractivity contribution is 5.80. The number of alkyl halides is 3. The van der Waals surface area contributed by atoms with Crippen molar-refractivity contribution in [3.63, 3.8) is 0 Å². The minimum absolute atomic E-state index is 0.0642. The fraction of sp³-hybridized carbons (Fsp3) is 0.458. The summed E-state index contributed by atoms with van der Waals surface area (Å²) in [5.74, 6) is -0.565. The topological polar surface area (TPSA) is 92.2 Å². The van der Waals surface area contributed by atoms with Gasteiger partial charge in [0.15, 0.2) is 0 Å². The van der Waals surface area contributed by atoms with Gasteiger partial charge in [0.05, 0.1) is 24.9 Å². The van der Waals surface area contributed by atoms with E-state index in [1.165, 1.54) is 19.2 Å². The maximum absolute atomic E-state index is 14.5. The van der Waals surface area contributed by atoms with E-state index in [4.69, 9.17) is 10.5 Å². The SMILES string of the molecule is COc1cccc(-c2ccc([C@H](N([C@@H](CC(C)C)C(N)=O)C3(C#N)CC3)C(F)(F)F)cc2)n1. The van der Waals surface area contributed by atoms with Crippen LogP contribution in [0.25, 0.3) is 11.3 Å². The predicted octanol–water partition coefficient (Wildman–Crippen LogP) is 4.62. The maximum Gasteiger partial charge on any atom is 0.408 e. The Labute approximate surface area is 191 Å². The number of aromatic nitrogens is 1. The number of primary amides is 1. The van der Waals surface area contributed by atoms with E-state index in [1.54, 1.807) is 44.2 Å². The van der Waals surface area contributed by atoms with E-state index < -0.39 is 29.7 Å². The molecule has 0 bridgehead atoms. The molecule has 1 aliphatic rings. The van der Waals surface area contributed by atoms with Crippen LogP contribution in [0.3, 0.4) is 0 Å². The van der Waals surface area contributed by atoms with Gasteiger partial charge < -0.3 is 10.5 Å². The van der Waals surface area contributed by atoms with Crippen LogP contribution in [-0.2, 0) is 4.79 Å². The molecule has 6 nitrogen and oxygen atoms in total. The van der Waals surface area contributed by atoms with Gasteiger partial charge in [-0.3, -0.25) is 9.69 Å². The number of methoxy groups -OCH3 is 1. The smallest absolute Gasteiger partial charge is 0.408 e. The molecule has 9 heteroatoms. The summed E-state index contributed by atoms with van der Waals surface area (Å²) in [6, 6.07) is 9.61. The zero-order chi connectivity index (χ0) is 24.4. The Hall–Kier alpha value is -3.12. The van der Waals surface area contributed by atoms with E-state index in [2.05, 4.69) is 4.98 Å². The molecule has 0 saturated heterocycles. The van der Waals surface area contributed by atoms with Gasteiger partial charge in [0, 0.05) is 11.6 Å². The number of rotatable bonds is 9. The molecule has 2 N–H and O–H groups in total. The zero-order valence-corrected chi connectivity index (χ0v) is 18.8. The van der Waals surface area contributed by atoms with Crippen molar-refractivity contribution in [2.45, 2.75) is 56.9 Å². The standard InChI is InChI=1S/C24H27F3N4O2/c1-15(2)13-19(22(29)32)31(23(14-28)11-12-23)21(24(25,26)27)17-9-7-16(8-10-17)18-5-4-6-20(30-18)33-3/h4-10,15,19,21H,11-13H2,1-3H3,(H2,29,32)/t19-,21-/m0/s1. The van der Waals surface area contributed by atoms with Gasteiger partial charge in [-0.2, -0.15) is 18.4 Å². The molecule has 0 unspecified atom stereocenters. The number of halogens is 3.